The predicted molar refractivity (Wildman–Crippen MR) is 93.7 cm³/mol. The number of carbonyl (C=O) groups excluding carboxylic acids is 1. The molecule has 1 atom stereocenters. The van der Waals surface area contributed by atoms with Gasteiger partial charge in [-0.15, -0.1) is 11.8 Å². The molecule has 1 heterocycles. The van der Waals surface area contributed by atoms with Crippen LogP contribution in [0.15, 0.2) is 53.4 Å². The summed E-state index contributed by atoms with van der Waals surface area (Å²) < 4.78 is 19.3. The minimum atomic E-state index is -0.307. The van der Waals surface area contributed by atoms with Crippen LogP contribution in [0.5, 0.6) is 0 Å². The summed E-state index contributed by atoms with van der Waals surface area (Å²) in [5, 5.41) is 2.80. The van der Waals surface area contributed by atoms with Crippen LogP contribution < -0.4 is 5.32 Å². The average molecular weight is 345 g/mol. The van der Waals surface area contributed by atoms with E-state index >= 15 is 0 Å². The van der Waals surface area contributed by atoms with E-state index in [9.17, 15) is 9.18 Å². The Morgan fingerprint density at radius 2 is 2.00 bits per heavy atom. The minimum Gasteiger partial charge on any atom is -0.377 e. The minimum absolute atomic E-state index is 0.177. The predicted octanol–water partition coefficient (Wildman–Crippen LogP) is 4.03. The Morgan fingerprint density at radius 1 is 1.21 bits per heavy atom. The van der Waals surface area contributed by atoms with Crippen molar-refractivity contribution in [3.63, 3.8) is 0 Å². The van der Waals surface area contributed by atoms with Gasteiger partial charge in [-0.2, -0.15) is 0 Å². The molecule has 5 heteroatoms. The van der Waals surface area contributed by atoms with Gasteiger partial charge in [0.2, 0.25) is 0 Å². The number of rotatable bonds is 6. The molecule has 1 amide bonds. The van der Waals surface area contributed by atoms with Gasteiger partial charge in [0.05, 0.1) is 11.7 Å². The SMILES string of the molecule is O=C(NCc1ccccc1F)c1ccccc1SC[C@@H]1CCCO1. The maximum atomic E-state index is 13.6. The van der Waals surface area contributed by atoms with Gasteiger partial charge in [0.25, 0.3) is 5.91 Å². The maximum absolute atomic E-state index is 13.6. The molecule has 0 unspecified atom stereocenters. The first-order valence-electron chi connectivity index (χ1n) is 8.09. The molecule has 3 nitrogen and oxygen atoms in total. The van der Waals surface area contributed by atoms with Crippen LogP contribution in [0.1, 0.15) is 28.8 Å². The molecule has 3 rings (SSSR count). The third-order valence-electron chi connectivity index (χ3n) is 3.98. The molecule has 0 saturated carbocycles. The zero-order chi connectivity index (χ0) is 16.8. The van der Waals surface area contributed by atoms with Crippen molar-refractivity contribution < 1.29 is 13.9 Å². The van der Waals surface area contributed by atoms with E-state index < -0.39 is 0 Å². The fourth-order valence-electron chi connectivity index (χ4n) is 2.65. The summed E-state index contributed by atoms with van der Waals surface area (Å²) in [6, 6.07) is 14.0. The molecule has 24 heavy (non-hydrogen) atoms. The molecule has 1 aliphatic heterocycles. The van der Waals surface area contributed by atoms with E-state index in [1.807, 2.05) is 18.2 Å². The number of hydrogen-bond acceptors (Lipinski definition) is 3. The monoisotopic (exact) mass is 345 g/mol. The zero-order valence-corrected chi connectivity index (χ0v) is 14.2. The van der Waals surface area contributed by atoms with Crippen molar-refractivity contribution in [1.29, 1.82) is 0 Å². The lowest BCUT2D eigenvalue weighted by atomic mass is 10.2. The van der Waals surface area contributed by atoms with Crippen LogP contribution in [0.4, 0.5) is 4.39 Å². The number of halogens is 1. The molecule has 0 aliphatic carbocycles. The number of benzene rings is 2. The lowest BCUT2D eigenvalue weighted by Gasteiger charge is -2.12. The molecule has 0 spiro atoms. The van der Waals surface area contributed by atoms with Crippen molar-refractivity contribution in [3.8, 4) is 0 Å². The summed E-state index contributed by atoms with van der Waals surface area (Å²) in [5.74, 6) is 0.352. The average Bonchev–Trinajstić information content (AvgIpc) is 3.13. The smallest absolute Gasteiger partial charge is 0.252 e. The summed E-state index contributed by atoms with van der Waals surface area (Å²) in [5.41, 5.74) is 1.10. The summed E-state index contributed by atoms with van der Waals surface area (Å²) in [6.45, 7) is 1.01. The molecule has 1 fully saturated rings. The quantitative estimate of drug-likeness (QED) is 0.804. The van der Waals surface area contributed by atoms with Crippen molar-refractivity contribution in [3.05, 3.63) is 65.5 Å². The van der Waals surface area contributed by atoms with E-state index in [4.69, 9.17) is 4.74 Å². The first-order valence-corrected chi connectivity index (χ1v) is 9.07. The van der Waals surface area contributed by atoms with Crippen molar-refractivity contribution >= 4 is 17.7 Å². The van der Waals surface area contributed by atoms with E-state index in [-0.39, 0.29) is 24.4 Å². The highest BCUT2D eigenvalue weighted by molar-refractivity contribution is 7.99. The number of carbonyl (C=O) groups is 1. The summed E-state index contributed by atoms with van der Waals surface area (Å²) >= 11 is 1.64. The number of amides is 1. The summed E-state index contributed by atoms with van der Waals surface area (Å²) in [4.78, 5) is 13.4. The molecule has 1 saturated heterocycles. The van der Waals surface area contributed by atoms with E-state index in [0.717, 1.165) is 30.1 Å². The molecule has 1 aliphatic rings. The number of thioether (sulfide) groups is 1. The molecule has 2 aromatic carbocycles. The third-order valence-corrected chi connectivity index (χ3v) is 5.18. The Balaban J connectivity index is 1.62. The van der Waals surface area contributed by atoms with Crippen molar-refractivity contribution in [2.75, 3.05) is 12.4 Å². The number of hydrogen-bond donors (Lipinski definition) is 1. The Morgan fingerprint density at radius 3 is 2.79 bits per heavy atom. The second-order valence-electron chi connectivity index (χ2n) is 5.72. The number of nitrogens with one attached hydrogen (secondary N) is 1. The van der Waals surface area contributed by atoms with Crippen molar-refractivity contribution in [2.45, 2.75) is 30.4 Å². The van der Waals surface area contributed by atoms with Gasteiger partial charge in [-0.1, -0.05) is 30.3 Å². The first kappa shape index (κ1) is 17.0. The summed E-state index contributed by atoms with van der Waals surface area (Å²) in [6.07, 6.45) is 2.45. The van der Waals surface area contributed by atoms with Gasteiger partial charge in [0.15, 0.2) is 0 Å². The van der Waals surface area contributed by atoms with E-state index in [1.54, 1.807) is 36.0 Å². The van der Waals surface area contributed by atoms with E-state index in [2.05, 4.69) is 5.32 Å². The van der Waals surface area contributed by atoms with Crippen LogP contribution in [0.25, 0.3) is 0 Å². The molecule has 0 radical (unpaired) electrons. The third kappa shape index (κ3) is 4.36. The van der Waals surface area contributed by atoms with Crippen molar-refractivity contribution in [1.82, 2.24) is 5.32 Å². The van der Waals surface area contributed by atoms with Crippen LogP contribution in [0.3, 0.4) is 0 Å². The van der Waals surface area contributed by atoms with Crippen LogP contribution >= 0.6 is 11.8 Å². The van der Waals surface area contributed by atoms with E-state index in [0.29, 0.717) is 11.1 Å². The van der Waals surface area contributed by atoms with Gasteiger partial charge < -0.3 is 10.1 Å². The normalized spacial score (nSPS) is 17.0. The maximum Gasteiger partial charge on any atom is 0.252 e. The zero-order valence-electron chi connectivity index (χ0n) is 13.3. The topological polar surface area (TPSA) is 38.3 Å². The van der Waals surface area contributed by atoms with Gasteiger partial charge in [0.1, 0.15) is 5.82 Å². The van der Waals surface area contributed by atoms with E-state index in [1.165, 1.54) is 6.07 Å². The molecule has 1 N–H and O–H groups in total. The fraction of sp³-hybridized carbons (Fsp3) is 0.316. The number of ether oxygens (including phenoxy) is 1. The molecular weight excluding hydrogens is 325 g/mol. The van der Waals surface area contributed by atoms with Crippen LogP contribution in [0, 0.1) is 5.82 Å². The highest BCUT2D eigenvalue weighted by atomic mass is 32.2. The van der Waals surface area contributed by atoms with Gasteiger partial charge in [-0.05, 0) is 31.0 Å². The lowest BCUT2D eigenvalue weighted by molar-refractivity contribution is 0.0947. The largest absolute Gasteiger partial charge is 0.377 e. The highest BCUT2D eigenvalue weighted by Crippen LogP contribution is 2.26. The summed E-state index contributed by atoms with van der Waals surface area (Å²) in [7, 11) is 0. The van der Waals surface area contributed by atoms with Gasteiger partial charge in [-0.25, -0.2) is 4.39 Å². The van der Waals surface area contributed by atoms with Crippen LogP contribution in [0.2, 0.25) is 0 Å². The highest BCUT2D eigenvalue weighted by Gasteiger charge is 2.18. The van der Waals surface area contributed by atoms with Gasteiger partial charge in [0, 0.05) is 29.4 Å². The van der Waals surface area contributed by atoms with Crippen LogP contribution in [-0.2, 0) is 11.3 Å². The Labute approximate surface area is 145 Å². The standard InChI is InChI=1S/C19H20FNO2S/c20-17-9-3-1-6-14(17)12-21-19(22)16-8-2-4-10-18(16)24-13-15-7-5-11-23-15/h1-4,6,8-10,15H,5,7,11-13H2,(H,21,22)/t15-/m0/s1. The molecule has 126 valence electrons. The molecular formula is C19H20FNO2S. The lowest BCUT2D eigenvalue weighted by Crippen LogP contribution is -2.24. The second-order valence-corrected chi connectivity index (χ2v) is 6.78. The van der Waals surface area contributed by atoms with Crippen LogP contribution in [-0.4, -0.2) is 24.4 Å². The first-order chi connectivity index (χ1) is 11.7. The fourth-order valence-corrected chi connectivity index (χ4v) is 3.77. The van der Waals surface area contributed by atoms with Gasteiger partial charge >= 0.3 is 0 Å². The second kappa shape index (κ2) is 8.31. The Bertz CT molecular complexity index is 701. The Kier molecular flexibility index (Phi) is 5.88. The molecule has 0 aromatic heterocycles. The van der Waals surface area contributed by atoms with Crippen molar-refractivity contribution in [2.24, 2.45) is 0 Å². The Hall–Kier alpha value is -1.85. The molecule has 0 bridgehead atoms. The molecule has 2 aromatic rings. The van der Waals surface area contributed by atoms with Gasteiger partial charge in [-0.3, -0.25) is 4.79 Å².